The first-order valence-corrected chi connectivity index (χ1v) is 6.96. The quantitative estimate of drug-likeness (QED) is 0.749. The summed E-state index contributed by atoms with van der Waals surface area (Å²) in [6, 6.07) is 3.98. The van der Waals surface area contributed by atoms with E-state index in [0.29, 0.717) is 24.9 Å². The maximum absolute atomic E-state index is 13.0. The van der Waals surface area contributed by atoms with Gasteiger partial charge in [0.05, 0.1) is 6.10 Å². The van der Waals surface area contributed by atoms with Gasteiger partial charge in [0.15, 0.2) is 0 Å². The highest BCUT2D eigenvalue weighted by Gasteiger charge is 2.05. The molecule has 1 atom stereocenters. The molecule has 0 heterocycles. The number of rotatable bonds is 6. The molecule has 0 aliphatic rings. The molecule has 0 spiro atoms. The minimum Gasteiger partial charge on any atom is -0.393 e. The van der Waals surface area contributed by atoms with Gasteiger partial charge in [0.2, 0.25) is 0 Å². The molecule has 1 aromatic carbocycles. The van der Waals surface area contributed by atoms with E-state index < -0.39 is 6.10 Å². The number of hydrogen-bond acceptors (Lipinski definition) is 2. The molecule has 0 aliphatic carbocycles. The summed E-state index contributed by atoms with van der Waals surface area (Å²) >= 11 is 3.29. The van der Waals surface area contributed by atoms with Crippen molar-refractivity contribution < 1.29 is 14.3 Å². The minimum atomic E-state index is -0.391. The number of urea groups is 1. The standard InChI is InChI=1S/C13H18BrFN2O2/c1-2-11(18)5-6-16-13(19)17-8-9-7-10(15)3-4-12(9)14/h3-4,7,11,18H,2,5-6,8H2,1H3,(H2,16,17,19). The lowest BCUT2D eigenvalue weighted by atomic mass is 10.2. The fourth-order valence-electron chi connectivity index (χ4n) is 1.47. The van der Waals surface area contributed by atoms with E-state index in [1.807, 2.05) is 6.92 Å². The Morgan fingerprint density at radius 3 is 2.89 bits per heavy atom. The fraction of sp³-hybridized carbons (Fsp3) is 0.462. The highest BCUT2D eigenvalue weighted by Crippen LogP contribution is 2.17. The van der Waals surface area contributed by atoms with Crippen LogP contribution in [0.15, 0.2) is 22.7 Å². The topological polar surface area (TPSA) is 61.4 Å². The molecule has 2 amide bonds. The Labute approximate surface area is 120 Å². The summed E-state index contributed by atoms with van der Waals surface area (Å²) in [4.78, 5) is 11.5. The maximum atomic E-state index is 13.0. The molecule has 0 bridgehead atoms. The van der Waals surface area contributed by atoms with Crippen molar-refractivity contribution in [2.75, 3.05) is 6.54 Å². The molecular formula is C13H18BrFN2O2. The first-order chi connectivity index (χ1) is 9.02. The van der Waals surface area contributed by atoms with Crippen molar-refractivity contribution in [3.8, 4) is 0 Å². The Bertz CT molecular complexity index is 429. The van der Waals surface area contributed by atoms with Crippen LogP contribution in [-0.4, -0.2) is 23.8 Å². The second-order valence-electron chi connectivity index (χ2n) is 4.20. The Morgan fingerprint density at radius 2 is 2.21 bits per heavy atom. The summed E-state index contributed by atoms with van der Waals surface area (Å²) in [6.45, 7) is 2.53. The highest BCUT2D eigenvalue weighted by atomic mass is 79.9. The van der Waals surface area contributed by atoms with Crippen LogP contribution in [0, 0.1) is 5.82 Å². The first kappa shape index (κ1) is 15.9. The monoisotopic (exact) mass is 332 g/mol. The SMILES string of the molecule is CCC(O)CCNC(=O)NCc1cc(F)ccc1Br. The summed E-state index contributed by atoms with van der Waals surface area (Å²) in [5.74, 6) is -0.341. The third kappa shape index (κ3) is 6.02. The molecule has 0 aliphatic heterocycles. The van der Waals surface area contributed by atoms with Gasteiger partial charge in [-0.2, -0.15) is 0 Å². The van der Waals surface area contributed by atoms with Crippen LogP contribution in [0.5, 0.6) is 0 Å². The zero-order chi connectivity index (χ0) is 14.3. The molecule has 0 aromatic heterocycles. The van der Waals surface area contributed by atoms with Crippen LogP contribution < -0.4 is 10.6 Å². The molecule has 1 aromatic rings. The van der Waals surface area contributed by atoms with Crippen LogP contribution in [0.25, 0.3) is 0 Å². The molecule has 4 nitrogen and oxygen atoms in total. The highest BCUT2D eigenvalue weighted by molar-refractivity contribution is 9.10. The normalized spacial score (nSPS) is 12.0. The van der Waals surface area contributed by atoms with E-state index >= 15 is 0 Å². The third-order valence-corrected chi connectivity index (χ3v) is 3.46. The van der Waals surface area contributed by atoms with E-state index in [4.69, 9.17) is 0 Å². The van der Waals surface area contributed by atoms with Crippen molar-refractivity contribution in [3.05, 3.63) is 34.1 Å². The molecule has 6 heteroatoms. The number of hydrogen-bond donors (Lipinski definition) is 3. The van der Waals surface area contributed by atoms with Gasteiger partial charge in [-0.25, -0.2) is 9.18 Å². The van der Waals surface area contributed by atoms with Gasteiger partial charge in [0.25, 0.3) is 0 Å². The molecule has 0 fully saturated rings. The van der Waals surface area contributed by atoms with Gasteiger partial charge in [-0.3, -0.25) is 0 Å². The number of carbonyl (C=O) groups excluding carboxylic acids is 1. The van der Waals surface area contributed by atoms with Crippen LogP contribution in [-0.2, 0) is 6.54 Å². The number of aliphatic hydroxyl groups excluding tert-OH is 1. The van der Waals surface area contributed by atoms with Gasteiger partial charge in [-0.15, -0.1) is 0 Å². The smallest absolute Gasteiger partial charge is 0.315 e. The molecule has 0 saturated carbocycles. The average molecular weight is 333 g/mol. The number of aliphatic hydroxyl groups is 1. The lowest BCUT2D eigenvalue weighted by Gasteiger charge is -2.10. The van der Waals surface area contributed by atoms with E-state index in [1.165, 1.54) is 12.1 Å². The Hall–Kier alpha value is -1.14. The van der Waals surface area contributed by atoms with Gasteiger partial charge >= 0.3 is 6.03 Å². The van der Waals surface area contributed by atoms with E-state index in [9.17, 15) is 14.3 Å². The van der Waals surface area contributed by atoms with Crippen LogP contribution in [0.3, 0.4) is 0 Å². The van der Waals surface area contributed by atoms with Crippen molar-refractivity contribution in [1.29, 1.82) is 0 Å². The number of carbonyl (C=O) groups is 1. The van der Waals surface area contributed by atoms with E-state index in [-0.39, 0.29) is 18.4 Å². The van der Waals surface area contributed by atoms with Crippen molar-refractivity contribution in [2.24, 2.45) is 0 Å². The molecule has 1 unspecified atom stereocenters. The van der Waals surface area contributed by atoms with Gasteiger partial charge < -0.3 is 15.7 Å². The second-order valence-corrected chi connectivity index (χ2v) is 5.05. The van der Waals surface area contributed by atoms with Crippen LogP contribution in [0.1, 0.15) is 25.3 Å². The Morgan fingerprint density at radius 1 is 1.47 bits per heavy atom. The van der Waals surface area contributed by atoms with E-state index in [1.54, 1.807) is 6.07 Å². The summed E-state index contributed by atoms with van der Waals surface area (Å²) in [7, 11) is 0. The number of nitrogens with one attached hydrogen (secondary N) is 2. The summed E-state index contributed by atoms with van der Waals surface area (Å²) < 4.78 is 13.8. The van der Waals surface area contributed by atoms with Gasteiger partial charge in [0.1, 0.15) is 5.82 Å². The van der Waals surface area contributed by atoms with Crippen LogP contribution >= 0.6 is 15.9 Å². The number of benzene rings is 1. The third-order valence-electron chi connectivity index (χ3n) is 2.68. The van der Waals surface area contributed by atoms with Crippen LogP contribution in [0.2, 0.25) is 0 Å². The zero-order valence-electron chi connectivity index (χ0n) is 10.7. The van der Waals surface area contributed by atoms with Crippen molar-refractivity contribution in [3.63, 3.8) is 0 Å². The Balaban J connectivity index is 2.32. The Kier molecular flexibility index (Phi) is 6.80. The maximum Gasteiger partial charge on any atom is 0.315 e. The number of halogens is 2. The lowest BCUT2D eigenvalue weighted by molar-refractivity contribution is 0.160. The van der Waals surface area contributed by atoms with Crippen molar-refractivity contribution in [2.45, 2.75) is 32.4 Å². The predicted molar refractivity (Wildman–Crippen MR) is 75.3 cm³/mol. The molecule has 0 saturated heterocycles. The van der Waals surface area contributed by atoms with Gasteiger partial charge in [-0.05, 0) is 36.6 Å². The van der Waals surface area contributed by atoms with E-state index in [0.717, 1.165) is 4.47 Å². The molecule has 106 valence electrons. The summed E-state index contributed by atoms with van der Waals surface area (Å²) in [5.41, 5.74) is 0.670. The number of amides is 2. The van der Waals surface area contributed by atoms with Gasteiger partial charge in [0, 0.05) is 17.6 Å². The van der Waals surface area contributed by atoms with Crippen LogP contribution in [0.4, 0.5) is 9.18 Å². The molecule has 1 rings (SSSR count). The molecule has 3 N–H and O–H groups in total. The first-order valence-electron chi connectivity index (χ1n) is 6.16. The average Bonchev–Trinajstić information content (AvgIpc) is 2.39. The van der Waals surface area contributed by atoms with E-state index in [2.05, 4.69) is 26.6 Å². The second kappa shape index (κ2) is 8.12. The molecule has 0 radical (unpaired) electrons. The predicted octanol–water partition coefficient (Wildman–Crippen LogP) is 2.55. The van der Waals surface area contributed by atoms with Crippen molar-refractivity contribution >= 4 is 22.0 Å². The molecule has 19 heavy (non-hydrogen) atoms. The fourth-order valence-corrected chi connectivity index (χ4v) is 1.86. The zero-order valence-corrected chi connectivity index (χ0v) is 12.3. The van der Waals surface area contributed by atoms with Gasteiger partial charge in [-0.1, -0.05) is 22.9 Å². The largest absolute Gasteiger partial charge is 0.393 e. The summed E-state index contributed by atoms with van der Waals surface area (Å²) in [6.07, 6.45) is 0.797. The minimum absolute atomic E-state index is 0.237. The molecular weight excluding hydrogens is 315 g/mol. The lowest BCUT2D eigenvalue weighted by Crippen LogP contribution is -2.36. The summed E-state index contributed by atoms with van der Waals surface area (Å²) in [5, 5.41) is 14.6. The van der Waals surface area contributed by atoms with Crippen molar-refractivity contribution in [1.82, 2.24) is 10.6 Å².